The van der Waals surface area contributed by atoms with E-state index in [4.69, 9.17) is 9.47 Å². The van der Waals surface area contributed by atoms with E-state index in [-0.39, 0.29) is 30.0 Å². The normalized spacial score (nSPS) is 21.6. The third kappa shape index (κ3) is 6.49. The van der Waals surface area contributed by atoms with Crippen LogP contribution in [-0.2, 0) is 4.74 Å². The van der Waals surface area contributed by atoms with Crippen LogP contribution in [0.3, 0.4) is 0 Å². The fraction of sp³-hybridized carbons (Fsp3) is 0.667. The zero-order valence-corrected chi connectivity index (χ0v) is 19.5. The first-order chi connectivity index (χ1) is 13.3. The Morgan fingerprint density at radius 2 is 2.00 bits per heavy atom. The van der Waals surface area contributed by atoms with E-state index >= 15 is 0 Å². The second kappa shape index (κ2) is 12.5. The number of benzene rings is 1. The van der Waals surface area contributed by atoms with Crippen LogP contribution in [0.2, 0.25) is 0 Å². The maximum atomic E-state index is 5.70. The Hall–Kier alpha value is -1.06. The highest BCUT2D eigenvalue weighted by Crippen LogP contribution is 2.30. The van der Waals surface area contributed by atoms with Crippen molar-refractivity contribution in [2.24, 2.45) is 4.99 Å². The van der Waals surface area contributed by atoms with Crippen molar-refractivity contribution in [2.45, 2.75) is 44.2 Å². The minimum Gasteiger partial charge on any atom is -0.496 e. The molecular formula is C21H35IN4O2. The lowest BCUT2D eigenvalue weighted by Gasteiger charge is -2.36. The Bertz CT molecular complexity index is 602. The lowest BCUT2D eigenvalue weighted by atomic mass is 10.0. The van der Waals surface area contributed by atoms with Crippen molar-refractivity contribution >= 4 is 29.9 Å². The smallest absolute Gasteiger partial charge is 0.191 e. The van der Waals surface area contributed by atoms with Gasteiger partial charge in [0.2, 0.25) is 0 Å². The van der Waals surface area contributed by atoms with Crippen molar-refractivity contribution in [3.63, 3.8) is 0 Å². The summed E-state index contributed by atoms with van der Waals surface area (Å²) in [5.74, 6) is 1.79. The minimum absolute atomic E-state index is 0. The number of nitrogens with zero attached hydrogens (tertiary/aromatic N) is 2. The summed E-state index contributed by atoms with van der Waals surface area (Å²) in [6.07, 6.45) is 6.43. The number of piperidine rings is 1. The quantitative estimate of drug-likeness (QED) is 0.341. The summed E-state index contributed by atoms with van der Waals surface area (Å²) in [5, 5.41) is 6.94. The van der Waals surface area contributed by atoms with Crippen LogP contribution < -0.4 is 15.4 Å². The Morgan fingerprint density at radius 3 is 2.68 bits per heavy atom. The number of ether oxygens (including phenoxy) is 2. The first-order valence-corrected chi connectivity index (χ1v) is 10.2. The van der Waals surface area contributed by atoms with E-state index in [2.05, 4.69) is 38.7 Å². The van der Waals surface area contributed by atoms with E-state index in [0.717, 1.165) is 57.3 Å². The fourth-order valence-corrected chi connectivity index (χ4v) is 4.04. The summed E-state index contributed by atoms with van der Waals surface area (Å²) in [5.41, 5.74) is 1.24. The highest BCUT2D eigenvalue weighted by atomic mass is 127. The molecule has 0 aliphatic carbocycles. The third-order valence-electron chi connectivity index (χ3n) is 5.54. The van der Waals surface area contributed by atoms with Crippen molar-refractivity contribution in [3.8, 4) is 5.75 Å². The molecule has 0 spiro atoms. The number of para-hydroxylation sites is 1. The summed E-state index contributed by atoms with van der Waals surface area (Å²) in [6, 6.07) is 8.63. The van der Waals surface area contributed by atoms with Crippen LogP contribution in [0.5, 0.6) is 5.75 Å². The van der Waals surface area contributed by atoms with Crippen molar-refractivity contribution in [1.82, 2.24) is 15.5 Å². The van der Waals surface area contributed by atoms with Crippen LogP contribution >= 0.6 is 24.0 Å². The number of likely N-dealkylation sites (tertiary alicyclic amines) is 1. The predicted octanol–water partition coefficient (Wildman–Crippen LogP) is 3.18. The molecule has 28 heavy (non-hydrogen) atoms. The first-order valence-electron chi connectivity index (χ1n) is 10.2. The molecule has 2 saturated heterocycles. The first kappa shape index (κ1) is 23.2. The number of guanidine groups is 1. The average molecular weight is 502 g/mol. The van der Waals surface area contributed by atoms with Gasteiger partial charge in [-0.25, -0.2) is 0 Å². The van der Waals surface area contributed by atoms with Crippen molar-refractivity contribution in [3.05, 3.63) is 29.8 Å². The van der Waals surface area contributed by atoms with Crippen LogP contribution in [0, 0.1) is 0 Å². The van der Waals surface area contributed by atoms with Gasteiger partial charge in [-0.15, -0.1) is 24.0 Å². The molecule has 2 aliphatic rings. The molecule has 0 bridgehead atoms. The van der Waals surface area contributed by atoms with E-state index < -0.39 is 0 Å². The van der Waals surface area contributed by atoms with Gasteiger partial charge in [0.15, 0.2) is 5.96 Å². The number of halogens is 1. The van der Waals surface area contributed by atoms with Crippen LogP contribution in [0.1, 0.15) is 43.7 Å². The second-order valence-corrected chi connectivity index (χ2v) is 7.32. The number of rotatable bonds is 7. The SMILES string of the molecule is CN=C(NCC1CCCO1)NCC(c1ccccc1OC)N1CCCCC1.I. The van der Waals surface area contributed by atoms with Crippen molar-refractivity contribution in [1.29, 1.82) is 0 Å². The zero-order chi connectivity index (χ0) is 18.9. The molecule has 2 heterocycles. The Morgan fingerprint density at radius 1 is 1.21 bits per heavy atom. The van der Waals surface area contributed by atoms with Gasteiger partial charge < -0.3 is 20.1 Å². The fourth-order valence-electron chi connectivity index (χ4n) is 4.04. The molecule has 158 valence electrons. The van der Waals surface area contributed by atoms with Gasteiger partial charge in [-0.05, 0) is 44.8 Å². The lowest BCUT2D eigenvalue weighted by Crippen LogP contribution is -2.46. The lowest BCUT2D eigenvalue weighted by molar-refractivity contribution is 0.113. The van der Waals surface area contributed by atoms with Crippen molar-refractivity contribution < 1.29 is 9.47 Å². The molecule has 7 heteroatoms. The number of hydrogen-bond acceptors (Lipinski definition) is 4. The van der Waals surface area contributed by atoms with E-state index in [1.165, 1.54) is 24.8 Å². The van der Waals surface area contributed by atoms with Gasteiger partial charge in [0.05, 0.1) is 19.3 Å². The van der Waals surface area contributed by atoms with E-state index in [0.29, 0.717) is 6.10 Å². The molecule has 2 N–H and O–H groups in total. The number of hydrogen-bond donors (Lipinski definition) is 2. The summed E-state index contributed by atoms with van der Waals surface area (Å²) in [7, 11) is 3.57. The van der Waals surface area contributed by atoms with Gasteiger partial charge in [-0.3, -0.25) is 9.89 Å². The van der Waals surface area contributed by atoms with Crippen LogP contribution in [0.25, 0.3) is 0 Å². The van der Waals surface area contributed by atoms with Gasteiger partial charge >= 0.3 is 0 Å². The zero-order valence-electron chi connectivity index (χ0n) is 17.2. The standard InChI is InChI=1S/C21H34N4O2.HI/c1-22-21(23-15-17-9-8-14-27-17)24-16-19(25-12-6-3-7-13-25)18-10-4-5-11-20(18)26-2;/h4-5,10-11,17,19H,3,6-9,12-16H2,1-2H3,(H2,22,23,24);1H. The number of aliphatic imine (C=N–C) groups is 1. The van der Waals surface area contributed by atoms with Gasteiger partial charge in [-0.1, -0.05) is 24.6 Å². The van der Waals surface area contributed by atoms with Crippen LogP contribution in [-0.4, -0.2) is 63.9 Å². The molecule has 0 amide bonds. The average Bonchev–Trinajstić information content (AvgIpc) is 3.25. The van der Waals surface area contributed by atoms with Crippen LogP contribution in [0.4, 0.5) is 0 Å². The summed E-state index contributed by atoms with van der Waals surface area (Å²) in [4.78, 5) is 6.96. The maximum Gasteiger partial charge on any atom is 0.191 e. The monoisotopic (exact) mass is 502 g/mol. The van der Waals surface area contributed by atoms with Gasteiger partial charge in [-0.2, -0.15) is 0 Å². The Labute approximate surface area is 186 Å². The molecule has 1 aromatic carbocycles. The molecule has 3 rings (SSSR count). The van der Waals surface area contributed by atoms with Gasteiger partial charge in [0.25, 0.3) is 0 Å². The van der Waals surface area contributed by atoms with Crippen molar-refractivity contribution in [2.75, 3.05) is 46.9 Å². The molecule has 2 aliphatic heterocycles. The highest BCUT2D eigenvalue weighted by molar-refractivity contribution is 14.0. The molecule has 0 aromatic heterocycles. The predicted molar refractivity (Wildman–Crippen MR) is 125 cm³/mol. The van der Waals surface area contributed by atoms with E-state index in [1.54, 1.807) is 7.11 Å². The second-order valence-electron chi connectivity index (χ2n) is 7.32. The summed E-state index contributed by atoms with van der Waals surface area (Å²) in [6.45, 7) is 4.75. The van der Waals surface area contributed by atoms with Gasteiger partial charge in [0, 0.05) is 32.3 Å². The number of nitrogens with one attached hydrogen (secondary N) is 2. The molecule has 2 unspecified atom stereocenters. The van der Waals surface area contributed by atoms with E-state index in [9.17, 15) is 0 Å². The molecule has 2 fully saturated rings. The highest BCUT2D eigenvalue weighted by Gasteiger charge is 2.25. The molecule has 6 nitrogen and oxygen atoms in total. The molecule has 0 saturated carbocycles. The topological polar surface area (TPSA) is 58.1 Å². The largest absolute Gasteiger partial charge is 0.496 e. The summed E-state index contributed by atoms with van der Waals surface area (Å²) >= 11 is 0. The minimum atomic E-state index is 0. The van der Waals surface area contributed by atoms with Gasteiger partial charge in [0.1, 0.15) is 5.75 Å². The Kier molecular flexibility index (Phi) is 10.4. The maximum absolute atomic E-state index is 5.70. The van der Waals surface area contributed by atoms with Crippen LogP contribution in [0.15, 0.2) is 29.3 Å². The molecule has 2 atom stereocenters. The summed E-state index contributed by atoms with van der Waals surface area (Å²) < 4.78 is 11.3. The van der Waals surface area contributed by atoms with E-state index in [1.807, 2.05) is 13.1 Å². The molecule has 1 aromatic rings. The number of methoxy groups -OCH3 is 1. The molecular weight excluding hydrogens is 467 g/mol. The third-order valence-corrected chi connectivity index (χ3v) is 5.54. The Balaban J connectivity index is 0.00000280. The molecule has 0 radical (unpaired) electrons.